The summed E-state index contributed by atoms with van der Waals surface area (Å²) in [6.45, 7) is 12.5. The fourth-order valence-electron chi connectivity index (χ4n) is 3.47. The molecule has 1 rings (SSSR count). The Morgan fingerprint density at radius 2 is 0.750 bits per heavy atom. The summed E-state index contributed by atoms with van der Waals surface area (Å²) in [5.41, 5.74) is 0. The minimum atomic E-state index is 0. The summed E-state index contributed by atoms with van der Waals surface area (Å²) in [5, 5.41) is 0. The maximum Gasteiger partial charge on any atom is 0.0110 e. The van der Waals surface area contributed by atoms with Crippen LogP contribution in [-0.2, 0) is 0 Å². The van der Waals surface area contributed by atoms with Crippen molar-refractivity contribution in [1.29, 1.82) is 0 Å². The topological polar surface area (TPSA) is 6.48 Å². The molecule has 1 saturated heterocycles. The van der Waals surface area contributed by atoms with Crippen molar-refractivity contribution in [1.82, 2.24) is 9.80 Å². The van der Waals surface area contributed by atoms with Gasteiger partial charge in [-0.25, -0.2) is 0 Å². The highest BCUT2D eigenvalue weighted by Crippen LogP contribution is 2.10. The van der Waals surface area contributed by atoms with E-state index in [4.69, 9.17) is 0 Å². The van der Waals surface area contributed by atoms with Gasteiger partial charge in [-0.2, -0.15) is 0 Å². The van der Waals surface area contributed by atoms with E-state index in [1.807, 2.05) is 0 Å². The monoisotopic (exact) mass is 468 g/mol. The Morgan fingerprint density at radius 3 is 1.08 bits per heavy atom. The summed E-state index contributed by atoms with van der Waals surface area (Å²) >= 11 is 0. The standard InChI is InChI=1S/C20H42N2.2BrH/c1-3-5-7-9-11-13-15-21-17-19-22(20-18-21)16-14-12-10-8-6-4-2;;/h3-20H2,1-2H3;2*1H/p-2. The Labute approximate surface area is 173 Å². The van der Waals surface area contributed by atoms with E-state index in [0.29, 0.717) is 0 Å². The molecule has 0 atom stereocenters. The molecule has 0 amide bonds. The molecule has 0 saturated carbocycles. The molecule has 1 aliphatic heterocycles. The Bertz CT molecular complexity index is 208. The van der Waals surface area contributed by atoms with Crippen LogP contribution in [0.3, 0.4) is 0 Å². The van der Waals surface area contributed by atoms with Crippen molar-refractivity contribution in [3.63, 3.8) is 0 Å². The fraction of sp³-hybridized carbons (Fsp3) is 1.00. The van der Waals surface area contributed by atoms with Crippen LogP contribution in [0.2, 0.25) is 0 Å². The highest BCUT2D eigenvalue weighted by atomic mass is 79.9. The largest absolute Gasteiger partial charge is 1.00 e. The Hall–Kier alpha value is 0.880. The molecule has 0 aromatic carbocycles. The highest BCUT2D eigenvalue weighted by molar-refractivity contribution is 4.71. The minimum Gasteiger partial charge on any atom is -1.00 e. The smallest absolute Gasteiger partial charge is 0.0110 e. The van der Waals surface area contributed by atoms with Gasteiger partial charge in [0.25, 0.3) is 0 Å². The van der Waals surface area contributed by atoms with Crippen molar-refractivity contribution < 1.29 is 34.0 Å². The second-order valence-electron chi connectivity index (χ2n) is 7.22. The van der Waals surface area contributed by atoms with Crippen molar-refractivity contribution in [3.05, 3.63) is 0 Å². The number of piperazine rings is 1. The SMILES string of the molecule is CCCCCCCCN1CCN(CCCCCCCC)CC1.[Br-].[Br-]. The van der Waals surface area contributed by atoms with Crippen molar-refractivity contribution in [3.8, 4) is 0 Å². The number of halogens is 2. The van der Waals surface area contributed by atoms with Crippen LogP contribution in [-0.4, -0.2) is 49.1 Å². The summed E-state index contributed by atoms with van der Waals surface area (Å²) in [6, 6.07) is 0. The fourth-order valence-corrected chi connectivity index (χ4v) is 3.47. The normalized spacial score (nSPS) is 15.8. The lowest BCUT2D eigenvalue weighted by Crippen LogP contribution is -3.00. The molecular weight excluding hydrogens is 428 g/mol. The molecule has 0 spiro atoms. The van der Waals surface area contributed by atoms with E-state index >= 15 is 0 Å². The van der Waals surface area contributed by atoms with Gasteiger partial charge in [0.2, 0.25) is 0 Å². The molecule has 148 valence electrons. The molecule has 1 aliphatic rings. The third-order valence-electron chi connectivity index (χ3n) is 5.12. The van der Waals surface area contributed by atoms with E-state index in [2.05, 4.69) is 23.6 Å². The second kappa shape index (κ2) is 20.2. The van der Waals surface area contributed by atoms with Gasteiger partial charge in [-0.1, -0.05) is 78.1 Å². The zero-order valence-electron chi connectivity index (χ0n) is 16.4. The molecule has 0 bridgehead atoms. The van der Waals surface area contributed by atoms with Gasteiger partial charge < -0.3 is 43.8 Å². The van der Waals surface area contributed by atoms with Crippen LogP contribution in [0.5, 0.6) is 0 Å². The van der Waals surface area contributed by atoms with Gasteiger partial charge in [0.1, 0.15) is 0 Å². The number of nitrogens with zero attached hydrogens (tertiary/aromatic N) is 2. The molecular formula is C20H42Br2N2-2. The maximum absolute atomic E-state index is 2.69. The first kappa shape index (κ1) is 27.1. The average Bonchev–Trinajstić information content (AvgIpc) is 2.55. The number of hydrogen-bond donors (Lipinski definition) is 0. The van der Waals surface area contributed by atoms with E-state index in [-0.39, 0.29) is 34.0 Å². The molecule has 1 fully saturated rings. The van der Waals surface area contributed by atoms with E-state index in [1.54, 1.807) is 0 Å². The summed E-state index contributed by atoms with van der Waals surface area (Å²) in [5.74, 6) is 0. The maximum atomic E-state index is 2.69. The van der Waals surface area contributed by atoms with E-state index in [9.17, 15) is 0 Å². The molecule has 0 radical (unpaired) electrons. The lowest BCUT2D eigenvalue weighted by molar-refractivity contribution is -0.001000. The molecule has 0 N–H and O–H groups in total. The third-order valence-corrected chi connectivity index (χ3v) is 5.12. The van der Waals surface area contributed by atoms with Crippen molar-refractivity contribution in [2.45, 2.75) is 90.9 Å². The summed E-state index contributed by atoms with van der Waals surface area (Å²) in [4.78, 5) is 5.38. The van der Waals surface area contributed by atoms with Gasteiger partial charge in [0.05, 0.1) is 0 Å². The van der Waals surface area contributed by atoms with Gasteiger partial charge in [0.15, 0.2) is 0 Å². The lowest BCUT2D eigenvalue weighted by atomic mass is 10.1. The molecule has 4 heteroatoms. The number of rotatable bonds is 14. The first-order chi connectivity index (χ1) is 10.9. The van der Waals surface area contributed by atoms with Crippen molar-refractivity contribution >= 4 is 0 Å². The van der Waals surface area contributed by atoms with Crippen molar-refractivity contribution in [2.24, 2.45) is 0 Å². The zero-order chi connectivity index (χ0) is 15.9. The van der Waals surface area contributed by atoms with E-state index in [1.165, 1.54) is 116 Å². The Balaban J connectivity index is 0. The minimum absolute atomic E-state index is 0. The van der Waals surface area contributed by atoms with Crippen LogP contribution in [0.15, 0.2) is 0 Å². The summed E-state index contributed by atoms with van der Waals surface area (Å²) < 4.78 is 0. The summed E-state index contributed by atoms with van der Waals surface area (Å²) in [7, 11) is 0. The number of hydrogen-bond acceptors (Lipinski definition) is 2. The van der Waals surface area contributed by atoms with Crippen molar-refractivity contribution in [2.75, 3.05) is 39.3 Å². The molecule has 0 unspecified atom stereocenters. The first-order valence-electron chi connectivity index (χ1n) is 10.3. The van der Waals surface area contributed by atoms with Gasteiger partial charge in [-0.05, 0) is 25.9 Å². The predicted molar refractivity (Wildman–Crippen MR) is 99.6 cm³/mol. The quantitative estimate of drug-likeness (QED) is 0.311. The van der Waals surface area contributed by atoms with Crippen LogP contribution < -0.4 is 34.0 Å². The predicted octanol–water partition coefficient (Wildman–Crippen LogP) is -0.667. The third kappa shape index (κ3) is 15.2. The Kier molecular flexibility index (Phi) is 22.8. The summed E-state index contributed by atoms with van der Waals surface area (Å²) in [6.07, 6.45) is 17.1. The zero-order valence-corrected chi connectivity index (χ0v) is 19.6. The molecule has 0 aromatic heterocycles. The van der Waals surface area contributed by atoms with Gasteiger partial charge in [0, 0.05) is 26.2 Å². The molecule has 2 nitrogen and oxygen atoms in total. The van der Waals surface area contributed by atoms with Crippen LogP contribution in [0.25, 0.3) is 0 Å². The van der Waals surface area contributed by atoms with Crippen LogP contribution in [0.1, 0.15) is 90.9 Å². The van der Waals surface area contributed by atoms with E-state index in [0.717, 1.165) is 0 Å². The van der Waals surface area contributed by atoms with Crippen LogP contribution in [0, 0.1) is 0 Å². The Morgan fingerprint density at radius 1 is 0.458 bits per heavy atom. The molecule has 0 aromatic rings. The number of unbranched alkanes of at least 4 members (excludes halogenated alkanes) is 10. The van der Waals surface area contributed by atoms with E-state index < -0.39 is 0 Å². The van der Waals surface area contributed by atoms with Gasteiger partial charge in [-0.15, -0.1) is 0 Å². The second-order valence-corrected chi connectivity index (χ2v) is 7.22. The molecule has 24 heavy (non-hydrogen) atoms. The average molecular weight is 470 g/mol. The molecule has 0 aliphatic carbocycles. The first-order valence-corrected chi connectivity index (χ1v) is 10.3. The molecule has 1 heterocycles. The lowest BCUT2D eigenvalue weighted by Gasteiger charge is -2.34. The highest BCUT2D eigenvalue weighted by Gasteiger charge is 2.15. The van der Waals surface area contributed by atoms with Crippen LogP contribution >= 0.6 is 0 Å². The van der Waals surface area contributed by atoms with Gasteiger partial charge in [-0.3, -0.25) is 0 Å². The van der Waals surface area contributed by atoms with Crippen LogP contribution in [0.4, 0.5) is 0 Å². The van der Waals surface area contributed by atoms with Gasteiger partial charge >= 0.3 is 0 Å².